The molecule has 0 atom stereocenters. The smallest absolute Gasteiger partial charge is 0.236 e. The first-order valence-corrected chi connectivity index (χ1v) is 5.05. The van der Waals surface area contributed by atoms with E-state index in [9.17, 15) is 14.4 Å². The molecule has 0 unspecified atom stereocenters. The van der Waals surface area contributed by atoms with Crippen molar-refractivity contribution in [2.24, 2.45) is 0 Å². The van der Waals surface area contributed by atoms with Crippen LogP contribution in [0.2, 0.25) is 0 Å². The van der Waals surface area contributed by atoms with Crippen molar-refractivity contribution in [3.05, 3.63) is 0 Å². The fraction of sp³-hybridized carbons (Fsp3) is 0.700. The average Bonchev–Trinajstić information content (AvgIpc) is 2.54. The number of hydrogen-bond acceptors (Lipinski definition) is 3. The Bertz CT molecular complexity index is 272. The van der Waals surface area contributed by atoms with Gasteiger partial charge in [0, 0.05) is 6.04 Å². The van der Waals surface area contributed by atoms with E-state index in [0.29, 0.717) is 0 Å². The number of likely N-dealkylation sites (tertiary alicyclic amines) is 1. The standard InChI is InChI=1S/C10H13NO3/c12-8-5-9(13)11(10(14)6-8)7-3-1-2-4-7/h7H,1-6H2. The molecule has 0 aromatic heterocycles. The molecule has 2 fully saturated rings. The van der Waals surface area contributed by atoms with Gasteiger partial charge >= 0.3 is 0 Å². The summed E-state index contributed by atoms with van der Waals surface area (Å²) >= 11 is 0. The van der Waals surface area contributed by atoms with Gasteiger partial charge in [-0.3, -0.25) is 19.3 Å². The summed E-state index contributed by atoms with van der Waals surface area (Å²) in [6.07, 6.45) is 3.81. The minimum absolute atomic E-state index is 0.0723. The number of hydrogen-bond donors (Lipinski definition) is 0. The number of piperidine rings is 1. The third-order valence-electron chi connectivity index (χ3n) is 2.92. The maximum absolute atomic E-state index is 11.5. The summed E-state index contributed by atoms with van der Waals surface area (Å²) in [7, 11) is 0. The molecule has 0 N–H and O–H groups in total. The molecule has 1 saturated heterocycles. The van der Waals surface area contributed by atoms with Crippen molar-refractivity contribution in [3.63, 3.8) is 0 Å². The Hall–Kier alpha value is -1.19. The van der Waals surface area contributed by atoms with E-state index in [-0.39, 0.29) is 36.5 Å². The van der Waals surface area contributed by atoms with E-state index in [1.165, 1.54) is 4.90 Å². The molecule has 1 saturated carbocycles. The van der Waals surface area contributed by atoms with Crippen LogP contribution in [0.1, 0.15) is 38.5 Å². The molecule has 0 spiro atoms. The van der Waals surface area contributed by atoms with Gasteiger partial charge in [-0.05, 0) is 12.8 Å². The Morgan fingerprint density at radius 3 is 1.93 bits per heavy atom. The zero-order valence-electron chi connectivity index (χ0n) is 7.99. The minimum atomic E-state index is -0.293. The Morgan fingerprint density at radius 1 is 0.929 bits per heavy atom. The number of amides is 2. The van der Waals surface area contributed by atoms with Gasteiger partial charge < -0.3 is 0 Å². The van der Waals surface area contributed by atoms with Gasteiger partial charge in [0.2, 0.25) is 11.8 Å². The van der Waals surface area contributed by atoms with Gasteiger partial charge in [-0.1, -0.05) is 12.8 Å². The Kier molecular flexibility index (Phi) is 2.35. The summed E-state index contributed by atoms with van der Waals surface area (Å²) in [5, 5.41) is 0. The first-order chi connectivity index (χ1) is 6.68. The van der Waals surface area contributed by atoms with E-state index in [0.717, 1.165) is 25.7 Å². The lowest BCUT2D eigenvalue weighted by Gasteiger charge is -2.29. The molecule has 2 aliphatic rings. The van der Waals surface area contributed by atoms with Crippen LogP contribution in [0.15, 0.2) is 0 Å². The Labute approximate surface area is 82.3 Å². The topological polar surface area (TPSA) is 54.5 Å². The number of imide groups is 1. The van der Waals surface area contributed by atoms with Gasteiger partial charge in [-0.15, -0.1) is 0 Å². The third-order valence-corrected chi connectivity index (χ3v) is 2.92. The quantitative estimate of drug-likeness (QED) is 0.456. The summed E-state index contributed by atoms with van der Waals surface area (Å²) in [6.45, 7) is 0. The minimum Gasteiger partial charge on any atom is -0.299 e. The summed E-state index contributed by atoms with van der Waals surface area (Å²) in [6, 6.07) is 0.0723. The predicted octanol–water partition coefficient (Wildman–Crippen LogP) is 0.647. The summed E-state index contributed by atoms with van der Waals surface area (Å²) in [4.78, 5) is 35.3. The highest BCUT2D eigenvalue weighted by atomic mass is 16.2. The van der Waals surface area contributed by atoms with E-state index in [1.807, 2.05) is 0 Å². The number of ketones is 1. The van der Waals surface area contributed by atoms with E-state index < -0.39 is 0 Å². The zero-order chi connectivity index (χ0) is 10.1. The fourth-order valence-electron chi connectivity index (χ4n) is 2.28. The van der Waals surface area contributed by atoms with Crippen LogP contribution in [0, 0.1) is 0 Å². The van der Waals surface area contributed by atoms with Crippen LogP contribution in [-0.4, -0.2) is 28.5 Å². The SMILES string of the molecule is O=C1CC(=O)N(C2CCCC2)C(=O)C1. The summed E-state index contributed by atoms with van der Waals surface area (Å²) in [5.41, 5.74) is 0. The molecule has 0 aromatic rings. The normalized spacial score (nSPS) is 24.9. The first-order valence-electron chi connectivity index (χ1n) is 5.05. The van der Waals surface area contributed by atoms with Crippen molar-refractivity contribution in [1.82, 2.24) is 4.90 Å². The van der Waals surface area contributed by atoms with Gasteiger partial charge in [-0.25, -0.2) is 0 Å². The van der Waals surface area contributed by atoms with Crippen molar-refractivity contribution in [2.45, 2.75) is 44.6 Å². The largest absolute Gasteiger partial charge is 0.299 e. The van der Waals surface area contributed by atoms with E-state index >= 15 is 0 Å². The number of carbonyl (C=O) groups excluding carboxylic acids is 3. The second-order valence-electron chi connectivity index (χ2n) is 3.99. The van der Waals surface area contributed by atoms with Crippen molar-refractivity contribution < 1.29 is 14.4 Å². The molecule has 4 heteroatoms. The second-order valence-corrected chi connectivity index (χ2v) is 3.99. The molecule has 76 valence electrons. The van der Waals surface area contributed by atoms with Crippen LogP contribution < -0.4 is 0 Å². The lowest BCUT2D eigenvalue weighted by atomic mass is 10.0. The lowest BCUT2D eigenvalue weighted by molar-refractivity contribution is -0.153. The highest BCUT2D eigenvalue weighted by Gasteiger charge is 2.36. The van der Waals surface area contributed by atoms with Gasteiger partial charge in [0.25, 0.3) is 0 Å². The highest BCUT2D eigenvalue weighted by molar-refractivity contribution is 6.16. The van der Waals surface area contributed by atoms with Gasteiger partial charge in [0.15, 0.2) is 5.78 Å². The summed E-state index contributed by atoms with van der Waals surface area (Å²) < 4.78 is 0. The first kappa shape index (κ1) is 9.37. The van der Waals surface area contributed by atoms with Crippen molar-refractivity contribution >= 4 is 17.6 Å². The zero-order valence-corrected chi connectivity index (χ0v) is 7.99. The molecule has 14 heavy (non-hydrogen) atoms. The molecule has 2 amide bonds. The van der Waals surface area contributed by atoms with Gasteiger partial charge in [0.05, 0.1) is 12.8 Å². The molecule has 0 bridgehead atoms. The molecule has 1 aliphatic carbocycles. The molecule has 4 nitrogen and oxygen atoms in total. The monoisotopic (exact) mass is 195 g/mol. The summed E-state index contributed by atoms with van der Waals surface area (Å²) in [5.74, 6) is -0.828. The van der Waals surface area contributed by atoms with E-state index in [4.69, 9.17) is 0 Å². The number of Topliss-reactive ketones (excluding diaryl/α,β-unsaturated/α-hetero) is 1. The number of carbonyl (C=O) groups is 3. The van der Waals surface area contributed by atoms with Crippen molar-refractivity contribution in [3.8, 4) is 0 Å². The molecule has 1 aliphatic heterocycles. The molecule has 1 heterocycles. The van der Waals surface area contributed by atoms with Crippen molar-refractivity contribution in [2.75, 3.05) is 0 Å². The van der Waals surface area contributed by atoms with Crippen LogP contribution in [0.25, 0.3) is 0 Å². The average molecular weight is 195 g/mol. The van der Waals surface area contributed by atoms with Crippen LogP contribution in [0.4, 0.5) is 0 Å². The molecular formula is C10H13NO3. The van der Waals surface area contributed by atoms with Gasteiger partial charge in [-0.2, -0.15) is 0 Å². The fourth-order valence-corrected chi connectivity index (χ4v) is 2.28. The maximum Gasteiger partial charge on any atom is 0.236 e. The van der Waals surface area contributed by atoms with Crippen LogP contribution in [-0.2, 0) is 14.4 Å². The number of rotatable bonds is 1. The lowest BCUT2D eigenvalue weighted by Crippen LogP contribution is -2.48. The molecular weight excluding hydrogens is 182 g/mol. The number of nitrogens with zero attached hydrogens (tertiary/aromatic N) is 1. The Balaban J connectivity index is 2.12. The highest BCUT2D eigenvalue weighted by Crippen LogP contribution is 2.26. The van der Waals surface area contributed by atoms with Crippen LogP contribution in [0.3, 0.4) is 0 Å². The predicted molar refractivity (Wildman–Crippen MR) is 48.4 cm³/mol. The molecule has 0 radical (unpaired) electrons. The molecule has 2 rings (SSSR count). The van der Waals surface area contributed by atoms with E-state index in [2.05, 4.69) is 0 Å². The van der Waals surface area contributed by atoms with Crippen LogP contribution in [0.5, 0.6) is 0 Å². The van der Waals surface area contributed by atoms with Gasteiger partial charge in [0.1, 0.15) is 0 Å². The maximum atomic E-state index is 11.5. The Morgan fingerprint density at radius 2 is 1.43 bits per heavy atom. The third kappa shape index (κ3) is 1.56. The van der Waals surface area contributed by atoms with E-state index in [1.54, 1.807) is 0 Å². The molecule has 0 aromatic carbocycles. The van der Waals surface area contributed by atoms with Crippen molar-refractivity contribution in [1.29, 1.82) is 0 Å². The van der Waals surface area contributed by atoms with Crippen LogP contribution >= 0.6 is 0 Å². The second kappa shape index (κ2) is 3.52.